The number of nitrogens with one attached hydrogen (secondary N) is 2. The highest BCUT2D eigenvalue weighted by atomic mass is 16.5. The lowest BCUT2D eigenvalue weighted by atomic mass is 9.98. The zero-order chi connectivity index (χ0) is 29.5. The Bertz CT molecular complexity index is 1400. The molecule has 1 saturated carbocycles. The zero-order valence-electron chi connectivity index (χ0n) is 23.2. The van der Waals surface area contributed by atoms with Crippen molar-refractivity contribution in [2.24, 2.45) is 5.92 Å². The van der Waals surface area contributed by atoms with Crippen LogP contribution in [0.3, 0.4) is 0 Å². The predicted octanol–water partition coefficient (Wildman–Crippen LogP) is 4.79. The minimum atomic E-state index is -1.22. The van der Waals surface area contributed by atoms with Gasteiger partial charge in [-0.25, -0.2) is 4.79 Å². The van der Waals surface area contributed by atoms with Crippen molar-refractivity contribution in [1.29, 1.82) is 0 Å². The van der Waals surface area contributed by atoms with Gasteiger partial charge in [0.15, 0.2) is 0 Å². The lowest BCUT2D eigenvalue weighted by Crippen LogP contribution is -2.50. The third kappa shape index (κ3) is 7.15. The first kappa shape index (κ1) is 28.9. The predicted molar refractivity (Wildman–Crippen MR) is 154 cm³/mol. The number of amides is 2. The van der Waals surface area contributed by atoms with Crippen molar-refractivity contribution in [3.8, 4) is 11.1 Å². The van der Waals surface area contributed by atoms with Crippen LogP contribution in [0.1, 0.15) is 54.7 Å². The molecule has 42 heavy (non-hydrogen) atoms. The molecule has 0 aromatic heterocycles. The Labute approximate surface area is 244 Å². The standard InChI is InChI=1S/C33H34N2O7/c36-30(37)17-22-14-15-23(16-22)34-32(39)29(18-31(38)41-19-21-8-2-1-3-9-21)35-33(40)42-20-28-26-12-6-4-10-24(26)25-11-5-7-13-27(25)28/h1-13,22-23,28-29H,14-20H2,(H,34,39)(H,35,40)(H,36,37)/t22?,23?,29-/m0/s1. The molecule has 2 amide bonds. The fourth-order valence-corrected chi connectivity index (χ4v) is 5.90. The average Bonchev–Trinajstić information content (AvgIpc) is 3.56. The molecule has 1 fully saturated rings. The molecule has 3 aromatic rings. The molecule has 2 aliphatic rings. The molecule has 3 N–H and O–H groups in total. The van der Waals surface area contributed by atoms with Gasteiger partial charge >= 0.3 is 18.0 Å². The maximum absolute atomic E-state index is 13.3. The second-order valence-electron chi connectivity index (χ2n) is 10.9. The topological polar surface area (TPSA) is 131 Å². The van der Waals surface area contributed by atoms with E-state index in [2.05, 4.69) is 10.6 Å². The van der Waals surface area contributed by atoms with E-state index in [1.54, 1.807) is 0 Å². The van der Waals surface area contributed by atoms with Crippen LogP contribution in [0.2, 0.25) is 0 Å². The summed E-state index contributed by atoms with van der Waals surface area (Å²) in [7, 11) is 0. The van der Waals surface area contributed by atoms with Gasteiger partial charge in [-0.05, 0) is 53.0 Å². The Hall–Kier alpha value is -4.66. The molecule has 0 heterocycles. The van der Waals surface area contributed by atoms with Crippen molar-refractivity contribution in [3.05, 3.63) is 95.6 Å². The number of rotatable bonds is 11. The quantitative estimate of drug-likeness (QED) is 0.283. The van der Waals surface area contributed by atoms with Gasteiger partial charge in [0.2, 0.25) is 5.91 Å². The first-order valence-electron chi connectivity index (χ1n) is 14.2. The van der Waals surface area contributed by atoms with Crippen LogP contribution in [0.25, 0.3) is 11.1 Å². The molecule has 0 saturated heterocycles. The Kier molecular flexibility index (Phi) is 9.16. The van der Waals surface area contributed by atoms with Crippen molar-refractivity contribution < 1.29 is 33.8 Å². The van der Waals surface area contributed by atoms with Crippen LogP contribution in [-0.2, 0) is 30.5 Å². The van der Waals surface area contributed by atoms with Crippen molar-refractivity contribution >= 4 is 23.9 Å². The number of benzene rings is 3. The second kappa shape index (κ2) is 13.3. The van der Waals surface area contributed by atoms with Crippen LogP contribution in [-0.4, -0.2) is 47.7 Å². The number of carbonyl (C=O) groups excluding carboxylic acids is 3. The minimum absolute atomic E-state index is 0.0304. The van der Waals surface area contributed by atoms with E-state index in [0.29, 0.717) is 19.3 Å². The maximum atomic E-state index is 13.3. The van der Waals surface area contributed by atoms with E-state index in [4.69, 9.17) is 14.6 Å². The summed E-state index contributed by atoms with van der Waals surface area (Å²) in [5, 5.41) is 14.5. The fourth-order valence-electron chi connectivity index (χ4n) is 5.90. The number of carboxylic acid groups (broad SMARTS) is 1. The number of alkyl carbamates (subject to hydrolysis) is 1. The molecule has 218 valence electrons. The van der Waals surface area contributed by atoms with Gasteiger partial charge in [0.05, 0.1) is 6.42 Å². The van der Waals surface area contributed by atoms with E-state index >= 15 is 0 Å². The molecular formula is C33H34N2O7. The number of ether oxygens (including phenoxy) is 2. The molecule has 5 rings (SSSR count). The van der Waals surface area contributed by atoms with Gasteiger partial charge in [-0.15, -0.1) is 0 Å². The van der Waals surface area contributed by atoms with Crippen LogP contribution in [0.15, 0.2) is 78.9 Å². The van der Waals surface area contributed by atoms with Gasteiger partial charge in [0.25, 0.3) is 0 Å². The van der Waals surface area contributed by atoms with Crippen LogP contribution >= 0.6 is 0 Å². The Balaban J connectivity index is 1.22. The summed E-state index contributed by atoms with van der Waals surface area (Å²) in [5.74, 6) is -2.25. The summed E-state index contributed by atoms with van der Waals surface area (Å²) >= 11 is 0. The number of carbonyl (C=O) groups is 4. The Morgan fingerprint density at radius 1 is 0.833 bits per heavy atom. The molecule has 0 radical (unpaired) electrons. The molecule has 2 aliphatic carbocycles. The highest BCUT2D eigenvalue weighted by Crippen LogP contribution is 2.44. The number of hydrogen-bond donors (Lipinski definition) is 3. The minimum Gasteiger partial charge on any atom is -0.481 e. The van der Waals surface area contributed by atoms with E-state index in [1.165, 1.54) is 0 Å². The third-order valence-electron chi connectivity index (χ3n) is 7.92. The lowest BCUT2D eigenvalue weighted by Gasteiger charge is -2.21. The van der Waals surface area contributed by atoms with Crippen LogP contribution < -0.4 is 10.6 Å². The number of esters is 1. The van der Waals surface area contributed by atoms with Gasteiger partial charge in [-0.3, -0.25) is 14.4 Å². The molecule has 3 aromatic carbocycles. The number of aliphatic carboxylic acids is 1. The van der Waals surface area contributed by atoms with E-state index in [-0.39, 0.29) is 43.9 Å². The van der Waals surface area contributed by atoms with Gasteiger partial charge in [0.1, 0.15) is 19.3 Å². The Morgan fingerprint density at radius 2 is 1.48 bits per heavy atom. The van der Waals surface area contributed by atoms with Gasteiger partial charge < -0.3 is 25.2 Å². The SMILES string of the molecule is O=C(O)CC1CCC(NC(=O)[C@H](CC(=O)OCc2ccccc2)NC(=O)OCC2c3ccccc3-c3ccccc32)C1. The fraction of sp³-hybridized carbons (Fsp3) is 0.333. The van der Waals surface area contributed by atoms with Gasteiger partial charge in [-0.2, -0.15) is 0 Å². The van der Waals surface area contributed by atoms with E-state index < -0.39 is 30.0 Å². The van der Waals surface area contributed by atoms with Crippen LogP contribution in [0.5, 0.6) is 0 Å². The van der Waals surface area contributed by atoms with Crippen molar-refractivity contribution in [2.45, 2.75) is 56.7 Å². The van der Waals surface area contributed by atoms with E-state index in [0.717, 1.165) is 27.8 Å². The summed E-state index contributed by atoms with van der Waals surface area (Å²) in [6, 6.07) is 23.6. The van der Waals surface area contributed by atoms with Crippen LogP contribution in [0.4, 0.5) is 4.79 Å². The monoisotopic (exact) mass is 570 g/mol. The van der Waals surface area contributed by atoms with Gasteiger partial charge in [-0.1, -0.05) is 78.9 Å². The summed E-state index contributed by atoms with van der Waals surface area (Å²) in [6.45, 7) is 0.102. The zero-order valence-corrected chi connectivity index (χ0v) is 23.2. The summed E-state index contributed by atoms with van der Waals surface area (Å²) in [6.07, 6.45) is 0.672. The molecule has 3 atom stereocenters. The largest absolute Gasteiger partial charge is 0.481 e. The van der Waals surface area contributed by atoms with Crippen LogP contribution in [0, 0.1) is 5.92 Å². The van der Waals surface area contributed by atoms with Crippen molar-refractivity contribution in [3.63, 3.8) is 0 Å². The average molecular weight is 571 g/mol. The molecule has 2 unspecified atom stereocenters. The molecule has 0 bridgehead atoms. The first-order chi connectivity index (χ1) is 20.4. The smallest absolute Gasteiger partial charge is 0.407 e. The lowest BCUT2D eigenvalue weighted by molar-refractivity contribution is -0.147. The third-order valence-corrected chi connectivity index (χ3v) is 7.92. The normalized spacial score (nSPS) is 17.9. The molecule has 9 nitrogen and oxygen atoms in total. The molecule has 0 aliphatic heterocycles. The Morgan fingerprint density at radius 3 is 2.14 bits per heavy atom. The summed E-state index contributed by atoms with van der Waals surface area (Å²) in [4.78, 5) is 50.0. The second-order valence-corrected chi connectivity index (χ2v) is 10.9. The number of fused-ring (bicyclic) bond motifs is 3. The maximum Gasteiger partial charge on any atom is 0.407 e. The van der Waals surface area contributed by atoms with Gasteiger partial charge in [0, 0.05) is 18.4 Å². The molecular weight excluding hydrogens is 536 g/mol. The molecule has 0 spiro atoms. The van der Waals surface area contributed by atoms with Crippen molar-refractivity contribution in [1.82, 2.24) is 10.6 Å². The highest BCUT2D eigenvalue weighted by molar-refractivity contribution is 5.90. The number of carboxylic acids is 1. The highest BCUT2D eigenvalue weighted by Gasteiger charge is 2.33. The number of hydrogen-bond acceptors (Lipinski definition) is 6. The van der Waals surface area contributed by atoms with E-state index in [1.807, 2.05) is 78.9 Å². The first-order valence-corrected chi connectivity index (χ1v) is 14.2. The molecule has 9 heteroatoms. The van der Waals surface area contributed by atoms with E-state index in [9.17, 15) is 19.2 Å². The summed E-state index contributed by atoms with van der Waals surface area (Å²) in [5.41, 5.74) is 5.10. The summed E-state index contributed by atoms with van der Waals surface area (Å²) < 4.78 is 11.0. The van der Waals surface area contributed by atoms with Crippen molar-refractivity contribution in [2.75, 3.05) is 6.61 Å².